The fourth-order valence-electron chi connectivity index (χ4n) is 2.03. The molecule has 0 aliphatic carbocycles. The molecule has 0 radical (unpaired) electrons. The Morgan fingerprint density at radius 2 is 2.33 bits per heavy atom. The van der Waals surface area contributed by atoms with E-state index in [2.05, 4.69) is 10.6 Å². The molecule has 3 N–H and O–H groups in total. The molecule has 1 saturated heterocycles. The minimum Gasteiger partial charge on any atom is -0.494 e. The molecule has 1 aliphatic heterocycles. The Morgan fingerprint density at radius 3 is 2.83 bits per heavy atom. The van der Waals surface area contributed by atoms with Crippen LogP contribution in [0.3, 0.4) is 0 Å². The van der Waals surface area contributed by atoms with Crippen molar-refractivity contribution in [2.45, 2.75) is 12.0 Å². The van der Waals surface area contributed by atoms with E-state index in [1.165, 1.54) is 19.2 Å². The van der Waals surface area contributed by atoms with Gasteiger partial charge in [-0.05, 0) is 12.1 Å². The molecule has 1 aromatic rings. The molecule has 5 nitrogen and oxygen atoms in total. The Balaban J connectivity index is 2.19. The van der Waals surface area contributed by atoms with Gasteiger partial charge in [0.15, 0.2) is 0 Å². The predicted molar refractivity (Wildman–Crippen MR) is 64.4 cm³/mol. The van der Waals surface area contributed by atoms with Crippen LogP contribution < -0.4 is 15.4 Å². The summed E-state index contributed by atoms with van der Waals surface area (Å²) in [4.78, 5) is 10.8. The highest BCUT2D eigenvalue weighted by Gasteiger charge is 2.39. The standard InChI is InChI=1S/C12H15FN2O3/c1-18-10-4-8(13)2-3-9(10)15-12(5-11(16)17)6-14-7-12/h2-4,14-15H,5-7H2,1H3,(H,16,17). The summed E-state index contributed by atoms with van der Waals surface area (Å²) in [6.45, 7) is 1.11. The topological polar surface area (TPSA) is 70.6 Å². The third-order valence-electron chi connectivity index (χ3n) is 2.98. The van der Waals surface area contributed by atoms with Gasteiger partial charge in [-0.1, -0.05) is 0 Å². The summed E-state index contributed by atoms with van der Waals surface area (Å²) in [6.07, 6.45) is 0.000527. The average Bonchev–Trinajstić information content (AvgIpc) is 2.27. The van der Waals surface area contributed by atoms with Crippen LogP contribution in [0.1, 0.15) is 6.42 Å². The van der Waals surface area contributed by atoms with Crippen molar-refractivity contribution in [3.63, 3.8) is 0 Å². The van der Waals surface area contributed by atoms with Crippen LogP contribution in [-0.4, -0.2) is 36.8 Å². The highest BCUT2D eigenvalue weighted by Crippen LogP contribution is 2.30. The molecule has 98 valence electrons. The SMILES string of the molecule is COc1cc(F)ccc1NC1(CC(=O)O)CNC1. The van der Waals surface area contributed by atoms with Gasteiger partial charge >= 0.3 is 5.97 Å². The van der Waals surface area contributed by atoms with Gasteiger partial charge in [-0.25, -0.2) is 4.39 Å². The minimum atomic E-state index is -0.870. The molecule has 0 atom stereocenters. The lowest BCUT2D eigenvalue weighted by atomic mass is 9.88. The lowest BCUT2D eigenvalue weighted by molar-refractivity contribution is -0.138. The monoisotopic (exact) mass is 254 g/mol. The van der Waals surface area contributed by atoms with Gasteiger partial charge < -0.3 is 20.5 Å². The molecule has 0 bridgehead atoms. The van der Waals surface area contributed by atoms with Crippen LogP contribution in [0.25, 0.3) is 0 Å². The van der Waals surface area contributed by atoms with E-state index in [1.54, 1.807) is 6.07 Å². The molecule has 1 aromatic carbocycles. The molecular weight excluding hydrogens is 239 g/mol. The number of rotatable bonds is 5. The van der Waals surface area contributed by atoms with Crippen LogP contribution in [0.5, 0.6) is 5.75 Å². The Morgan fingerprint density at radius 1 is 1.61 bits per heavy atom. The predicted octanol–water partition coefficient (Wildman–Crippen LogP) is 1.06. The Kier molecular flexibility index (Phi) is 3.38. The minimum absolute atomic E-state index is 0.000527. The maximum absolute atomic E-state index is 13.1. The second kappa shape index (κ2) is 4.81. The molecule has 0 spiro atoms. The van der Waals surface area contributed by atoms with Crippen molar-refractivity contribution in [1.29, 1.82) is 0 Å². The molecule has 0 saturated carbocycles. The van der Waals surface area contributed by atoms with Crippen molar-refractivity contribution < 1.29 is 19.0 Å². The summed E-state index contributed by atoms with van der Waals surface area (Å²) in [5.41, 5.74) is 0.0679. The number of aliphatic carboxylic acids is 1. The van der Waals surface area contributed by atoms with E-state index < -0.39 is 17.3 Å². The van der Waals surface area contributed by atoms with Gasteiger partial charge in [0.25, 0.3) is 0 Å². The average molecular weight is 254 g/mol. The van der Waals surface area contributed by atoms with Crippen molar-refractivity contribution in [3.8, 4) is 5.75 Å². The number of benzene rings is 1. The van der Waals surface area contributed by atoms with Crippen LogP contribution in [-0.2, 0) is 4.79 Å². The Hall–Kier alpha value is -1.82. The molecule has 1 aliphatic rings. The summed E-state index contributed by atoms with van der Waals surface area (Å²) < 4.78 is 18.1. The third kappa shape index (κ3) is 2.53. The Bertz CT molecular complexity index is 461. The number of ether oxygens (including phenoxy) is 1. The smallest absolute Gasteiger partial charge is 0.305 e. The van der Waals surface area contributed by atoms with E-state index >= 15 is 0 Å². The van der Waals surface area contributed by atoms with Gasteiger partial charge in [-0.3, -0.25) is 4.79 Å². The lowest BCUT2D eigenvalue weighted by Crippen LogP contribution is -2.65. The zero-order valence-electron chi connectivity index (χ0n) is 10.00. The van der Waals surface area contributed by atoms with Crippen LogP contribution in [0, 0.1) is 5.82 Å². The lowest BCUT2D eigenvalue weighted by Gasteiger charge is -2.43. The van der Waals surface area contributed by atoms with Crippen molar-refractivity contribution in [3.05, 3.63) is 24.0 Å². The maximum Gasteiger partial charge on any atom is 0.305 e. The van der Waals surface area contributed by atoms with Gasteiger partial charge in [0.05, 0.1) is 24.8 Å². The summed E-state index contributed by atoms with van der Waals surface area (Å²) in [7, 11) is 1.45. The molecule has 2 rings (SSSR count). The summed E-state index contributed by atoms with van der Waals surface area (Å²) in [5.74, 6) is -0.895. The van der Waals surface area contributed by atoms with E-state index in [0.29, 0.717) is 24.5 Å². The maximum atomic E-state index is 13.1. The van der Waals surface area contributed by atoms with Gasteiger partial charge in [-0.2, -0.15) is 0 Å². The summed E-state index contributed by atoms with van der Waals surface area (Å²) >= 11 is 0. The fourth-order valence-corrected chi connectivity index (χ4v) is 2.03. The second-order valence-corrected chi connectivity index (χ2v) is 4.42. The van der Waals surface area contributed by atoms with E-state index in [0.717, 1.165) is 0 Å². The van der Waals surface area contributed by atoms with Gasteiger partial charge in [0, 0.05) is 19.2 Å². The molecular formula is C12H15FN2O3. The Labute approximate surface area is 104 Å². The highest BCUT2D eigenvalue weighted by molar-refractivity contribution is 5.71. The highest BCUT2D eigenvalue weighted by atomic mass is 19.1. The first-order chi connectivity index (χ1) is 8.54. The first kappa shape index (κ1) is 12.6. The number of methoxy groups -OCH3 is 1. The quantitative estimate of drug-likeness (QED) is 0.733. The van der Waals surface area contributed by atoms with Crippen LogP contribution in [0.15, 0.2) is 18.2 Å². The third-order valence-corrected chi connectivity index (χ3v) is 2.98. The van der Waals surface area contributed by atoms with Gasteiger partial charge in [-0.15, -0.1) is 0 Å². The molecule has 0 aromatic heterocycles. The number of carboxylic acid groups (broad SMARTS) is 1. The van der Waals surface area contributed by atoms with E-state index in [4.69, 9.17) is 9.84 Å². The van der Waals surface area contributed by atoms with Crippen LogP contribution >= 0.6 is 0 Å². The zero-order chi connectivity index (χ0) is 13.2. The first-order valence-corrected chi connectivity index (χ1v) is 5.59. The van der Waals surface area contributed by atoms with Crippen molar-refractivity contribution in [2.75, 3.05) is 25.5 Å². The summed E-state index contributed by atoms with van der Waals surface area (Å²) in [6, 6.07) is 4.13. The van der Waals surface area contributed by atoms with E-state index in [1.807, 2.05) is 0 Å². The van der Waals surface area contributed by atoms with Crippen molar-refractivity contribution in [2.24, 2.45) is 0 Å². The molecule has 1 fully saturated rings. The molecule has 0 amide bonds. The molecule has 1 heterocycles. The number of carbonyl (C=O) groups is 1. The van der Waals surface area contributed by atoms with Crippen molar-refractivity contribution in [1.82, 2.24) is 5.32 Å². The fraction of sp³-hybridized carbons (Fsp3) is 0.417. The first-order valence-electron chi connectivity index (χ1n) is 5.59. The molecule has 18 heavy (non-hydrogen) atoms. The largest absolute Gasteiger partial charge is 0.494 e. The van der Waals surface area contributed by atoms with Crippen molar-refractivity contribution >= 4 is 11.7 Å². The number of halogens is 1. The zero-order valence-corrected chi connectivity index (χ0v) is 10.00. The van der Waals surface area contributed by atoms with Gasteiger partial charge in [0.2, 0.25) is 0 Å². The van der Waals surface area contributed by atoms with Crippen LogP contribution in [0.4, 0.5) is 10.1 Å². The normalized spacial score (nSPS) is 16.8. The number of nitrogens with one attached hydrogen (secondary N) is 2. The summed E-state index contributed by atoms with van der Waals surface area (Å²) in [5, 5.41) is 15.1. The second-order valence-electron chi connectivity index (χ2n) is 4.42. The number of anilines is 1. The number of hydrogen-bond acceptors (Lipinski definition) is 4. The van der Waals surface area contributed by atoms with Crippen LogP contribution in [0.2, 0.25) is 0 Å². The molecule has 0 unspecified atom stereocenters. The molecule has 6 heteroatoms. The number of hydrogen-bond donors (Lipinski definition) is 3. The van der Waals surface area contributed by atoms with E-state index in [-0.39, 0.29) is 6.42 Å². The van der Waals surface area contributed by atoms with Gasteiger partial charge in [0.1, 0.15) is 11.6 Å². The number of carboxylic acids is 1. The van der Waals surface area contributed by atoms with E-state index in [9.17, 15) is 9.18 Å².